The quantitative estimate of drug-likeness (QED) is 0.541. The van der Waals surface area contributed by atoms with Crippen molar-refractivity contribution in [2.45, 2.75) is 39.7 Å². The molecule has 1 atom stereocenters. The van der Waals surface area contributed by atoms with Crippen molar-refractivity contribution in [2.75, 3.05) is 31.1 Å². The van der Waals surface area contributed by atoms with Crippen LogP contribution in [0.3, 0.4) is 0 Å². The highest BCUT2D eigenvalue weighted by atomic mass is 16.5. The highest BCUT2D eigenvalue weighted by Crippen LogP contribution is 2.37. The van der Waals surface area contributed by atoms with Gasteiger partial charge in [0.25, 0.3) is 0 Å². The van der Waals surface area contributed by atoms with Gasteiger partial charge in [-0.1, -0.05) is 24.3 Å². The topological polar surface area (TPSA) is 67.7 Å². The Morgan fingerprint density at radius 3 is 2.56 bits per heavy atom. The number of aromatic nitrogens is 2. The molecule has 2 heterocycles. The van der Waals surface area contributed by atoms with E-state index in [4.69, 9.17) is 9.72 Å². The molecule has 1 fully saturated rings. The van der Waals surface area contributed by atoms with E-state index in [0.717, 1.165) is 22.5 Å². The lowest BCUT2D eigenvalue weighted by Crippen LogP contribution is -2.34. The summed E-state index contributed by atoms with van der Waals surface area (Å²) in [5, 5.41) is 0. The molecule has 1 aromatic heterocycles. The number of imidazole rings is 1. The molecular formula is C25H30N4O3. The fourth-order valence-corrected chi connectivity index (χ4v) is 4.45. The standard InChI is InChI=1S/C25H30N4O3/c1-4-27(5-2)24(31)17-29-20-12-8-7-11-19(20)26-25(29)18-15-23(30)28(16-18)21-13-9-10-14-22(21)32-6-3/h7-14,18H,4-6,15-17H2,1-3H3. The van der Waals surface area contributed by atoms with Crippen molar-refractivity contribution in [3.8, 4) is 5.75 Å². The zero-order chi connectivity index (χ0) is 22.7. The van der Waals surface area contributed by atoms with Crippen molar-refractivity contribution >= 4 is 28.5 Å². The maximum atomic E-state index is 13.0. The molecule has 0 spiro atoms. The minimum absolute atomic E-state index is 0.0378. The number of amides is 2. The van der Waals surface area contributed by atoms with Crippen LogP contribution < -0.4 is 9.64 Å². The van der Waals surface area contributed by atoms with Crippen LogP contribution in [-0.4, -0.2) is 52.5 Å². The summed E-state index contributed by atoms with van der Waals surface area (Å²) in [6, 6.07) is 15.5. The SMILES string of the molecule is CCOc1ccccc1N1CC(c2nc3ccccc3n2CC(=O)N(CC)CC)CC1=O. The maximum Gasteiger partial charge on any atom is 0.242 e. The smallest absolute Gasteiger partial charge is 0.242 e. The van der Waals surface area contributed by atoms with Gasteiger partial charge in [-0.05, 0) is 45.0 Å². The average molecular weight is 435 g/mol. The molecule has 2 aromatic carbocycles. The first-order valence-corrected chi connectivity index (χ1v) is 11.3. The number of fused-ring (bicyclic) bond motifs is 1. The van der Waals surface area contributed by atoms with Gasteiger partial charge < -0.3 is 19.1 Å². The predicted octanol–water partition coefficient (Wildman–Crippen LogP) is 3.82. The Kier molecular flexibility index (Phi) is 6.44. The molecule has 168 valence electrons. The van der Waals surface area contributed by atoms with Gasteiger partial charge in [0, 0.05) is 32.0 Å². The number of benzene rings is 2. The number of carbonyl (C=O) groups is 2. The lowest BCUT2D eigenvalue weighted by molar-refractivity contribution is -0.131. The summed E-state index contributed by atoms with van der Waals surface area (Å²) in [6.45, 7) is 8.49. The summed E-state index contributed by atoms with van der Waals surface area (Å²) in [6.07, 6.45) is 0.350. The molecule has 0 radical (unpaired) electrons. The molecule has 1 aliphatic heterocycles. The Labute approximate surface area is 188 Å². The number of ether oxygens (including phenoxy) is 1. The number of anilines is 1. The number of nitrogens with zero attached hydrogens (tertiary/aromatic N) is 4. The number of hydrogen-bond donors (Lipinski definition) is 0. The highest BCUT2D eigenvalue weighted by molar-refractivity contribution is 5.98. The Bertz CT molecular complexity index is 1120. The van der Waals surface area contributed by atoms with Crippen LogP contribution in [0.5, 0.6) is 5.75 Å². The first-order valence-electron chi connectivity index (χ1n) is 11.3. The number of likely N-dealkylation sites (N-methyl/N-ethyl adjacent to an activating group) is 1. The van der Waals surface area contributed by atoms with Crippen LogP contribution in [0.25, 0.3) is 11.0 Å². The molecule has 1 aliphatic rings. The molecule has 7 heteroatoms. The van der Waals surface area contributed by atoms with Gasteiger partial charge in [0.15, 0.2) is 0 Å². The second-order valence-corrected chi connectivity index (χ2v) is 7.92. The van der Waals surface area contributed by atoms with E-state index in [1.54, 1.807) is 4.90 Å². The van der Waals surface area contributed by atoms with Crippen molar-refractivity contribution in [3.63, 3.8) is 0 Å². The van der Waals surface area contributed by atoms with Crippen LogP contribution in [0.15, 0.2) is 48.5 Å². The summed E-state index contributed by atoms with van der Waals surface area (Å²) >= 11 is 0. The first kappa shape index (κ1) is 21.9. The van der Waals surface area contributed by atoms with Crippen molar-refractivity contribution < 1.29 is 14.3 Å². The second kappa shape index (κ2) is 9.42. The molecule has 32 heavy (non-hydrogen) atoms. The third-order valence-corrected chi connectivity index (χ3v) is 6.04. The van der Waals surface area contributed by atoms with Gasteiger partial charge in [0.1, 0.15) is 18.1 Å². The van der Waals surface area contributed by atoms with Gasteiger partial charge in [0.2, 0.25) is 11.8 Å². The van der Waals surface area contributed by atoms with E-state index in [1.165, 1.54) is 0 Å². The van der Waals surface area contributed by atoms with E-state index in [-0.39, 0.29) is 24.3 Å². The minimum atomic E-state index is -0.103. The zero-order valence-corrected chi connectivity index (χ0v) is 19.0. The van der Waals surface area contributed by atoms with Gasteiger partial charge in [-0.2, -0.15) is 0 Å². The van der Waals surface area contributed by atoms with E-state index in [2.05, 4.69) is 0 Å². The first-order chi connectivity index (χ1) is 15.6. The molecule has 1 saturated heterocycles. The fraction of sp³-hybridized carbons (Fsp3) is 0.400. The Hall–Kier alpha value is -3.35. The van der Waals surface area contributed by atoms with Gasteiger partial charge in [-0.25, -0.2) is 4.98 Å². The number of carbonyl (C=O) groups excluding carboxylic acids is 2. The number of para-hydroxylation sites is 4. The summed E-state index contributed by atoms with van der Waals surface area (Å²) in [5.41, 5.74) is 2.54. The van der Waals surface area contributed by atoms with Crippen LogP contribution in [0.1, 0.15) is 38.9 Å². The average Bonchev–Trinajstić information content (AvgIpc) is 3.36. The van der Waals surface area contributed by atoms with E-state index >= 15 is 0 Å². The monoisotopic (exact) mass is 434 g/mol. The Morgan fingerprint density at radius 1 is 1.09 bits per heavy atom. The van der Waals surface area contributed by atoms with Crippen LogP contribution in [0.4, 0.5) is 5.69 Å². The lowest BCUT2D eigenvalue weighted by atomic mass is 10.1. The summed E-state index contributed by atoms with van der Waals surface area (Å²) in [5.74, 6) is 1.48. The second-order valence-electron chi connectivity index (χ2n) is 7.92. The summed E-state index contributed by atoms with van der Waals surface area (Å²) in [4.78, 5) is 34.4. The third-order valence-electron chi connectivity index (χ3n) is 6.04. The molecule has 0 saturated carbocycles. The minimum Gasteiger partial charge on any atom is -0.492 e. The van der Waals surface area contributed by atoms with Gasteiger partial charge in [0.05, 0.1) is 23.3 Å². The van der Waals surface area contributed by atoms with Crippen molar-refractivity contribution in [3.05, 3.63) is 54.4 Å². The normalized spacial score (nSPS) is 16.0. The van der Waals surface area contributed by atoms with Crippen LogP contribution in [-0.2, 0) is 16.1 Å². The highest BCUT2D eigenvalue weighted by Gasteiger charge is 2.36. The van der Waals surface area contributed by atoms with Crippen LogP contribution in [0.2, 0.25) is 0 Å². The molecule has 0 N–H and O–H groups in total. The van der Waals surface area contributed by atoms with E-state index in [1.807, 2.05) is 78.8 Å². The molecule has 3 aromatic rings. The zero-order valence-electron chi connectivity index (χ0n) is 19.0. The predicted molar refractivity (Wildman–Crippen MR) is 125 cm³/mol. The van der Waals surface area contributed by atoms with Crippen molar-refractivity contribution in [1.82, 2.24) is 14.5 Å². The molecular weight excluding hydrogens is 404 g/mol. The Balaban J connectivity index is 1.68. The largest absolute Gasteiger partial charge is 0.492 e. The van der Waals surface area contributed by atoms with E-state index in [9.17, 15) is 9.59 Å². The van der Waals surface area contributed by atoms with Crippen molar-refractivity contribution in [2.24, 2.45) is 0 Å². The van der Waals surface area contributed by atoms with Gasteiger partial charge in [-0.3, -0.25) is 9.59 Å². The van der Waals surface area contributed by atoms with Gasteiger partial charge in [-0.15, -0.1) is 0 Å². The fourth-order valence-electron chi connectivity index (χ4n) is 4.45. The van der Waals surface area contributed by atoms with Gasteiger partial charge >= 0.3 is 0 Å². The molecule has 4 rings (SSSR count). The molecule has 1 unspecified atom stereocenters. The lowest BCUT2D eigenvalue weighted by Gasteiger charge is -2.22. The number of rotatable bonds is 8. The molecule has 0 bridgehead atoms. The Morgan fingerprint density at radius 2 is 1.81 bits per heavy atom. The molecule has 2 amide bonds. The molecule has 0 aliphatic carbocycles. The van der Waals surface area contributed by atoms with Crippen LogP contribution >= 0.6 is 0 Å². The van der Waals surface area contributed by atoms with Crippen LogP contribution in [0, 0.1) is 0 Å². The summed E-state index contributed by atoms with van der Waals surface area (Å²) in [7, 11) is 0. The van der Waals surface area contributed by atoms with E-state index in [0.29, 0.717) is 38.4 Å². The maximum absolute atomic E-state index is 13.0. The summed E-state index contributed by atoms with van der Waals surface area (Å²) < 4.78 is 7.74. The third kappa shape index (κ3) is 4.07. The van der Waals surface area contributed by atoms with E-state index < -0.39 is 0 Å². The van der Waals surface area contributed by atoms with Crippen molar-refractivity contribution in [1.29, 1.82) is 0 Å². The number of hydrogen-bond acceptors (Lipinski definition) is 4. The molecule has 7 nitrogen and oxygen atoms in total.